The van der Waals surface area contributed by atoms with E-state index in [0.717, 1.165) is 22.2 Å². The fourth-order valence-corrected chi connectivity index (χ4v) is 2.05. The van der Waals surface area contributed by atoms with Crippen molar-refractivity contribution in [2.45, 2.75) is 0 Å². The number of aromatic nitrogens is 2. The van der Waals surface area contributed by atoms with Gasteiger partial charge in [-0.05, 0) is 29.3 Å². The first-order chi connectivity index (χ1) is 8.75. The van der Waals surface area contributed by atoms with E-state index >= 15 is 0 Å². The maximum Gasteiger partial charge on any atom is 0.249 e. The average Bonchev–Trinajstić information content (AvgIpc) is 2.85. The van der Waals surface area contributed by atoms with Crippen molar-refractivity contribution >= 4 is 16.9 Å². The Balaban J connectivity index is 2.22. The number of hydrogen-bond donors (Lipinski definition) is 2. The number of carbonyl (C=O) groups is 1. The number of nitrogens with one attached hydrogen (secondary N) is 1. The highest BCUT2D eigenvalue weighted by atomic mass is 16.1. The molecule has 3 aromatic rings. The predicted octanol–water partition coefficient (Wildman–Crippen LogP) is 2.33. The summed E-state index contributed by atoms with van der Waals surface area (Å²) in [6.45, 7) is 0. The first-order valence-electron chi connectivity index (χ1n) is 5.58. The van der Waals surface area contributed by atoms with Crippen LogP contribution in [0.3, 0.4) is 0 Å². The van der Waals surface area contributed by atoms with Crippen LogP contribution in [0.2, 0.25) is 0 Å². The number of amides is 1. The van der Waals surface area contributed by atoms with Crippen molar-refractivity contribution in [3.05, 3.63) is 54.4 Å². The van der Waals surface area contributed by atoms with Gasteiger partial charge in [-0.1, -0.05) is 24.3 Å². The molecule has 0 aliphatic rings. The molecule has 0 aliphatic carbocycles. The molecule has 2 aromatic carbocycles. The van der Waals surface area contributed by atoms with Crippen molar-refractivity contribution in [3.63, 3.8) is 0 Å². The van der Waals surface area contributed by atoms with Gasteiger partial charge in [-0.2, -0.15) is 0 Å². The SMILES string of the molecule is NC(=O)c1ccccc1-c1ccc2[nH]cnc2c1. The molecule has 0 bridgehead atoms. The van der Waals surface area contributed by atoms with Crippen molar-refractivity contribution in [2.75, 3.05) is 0 Å². The molecule has 0 saturated carbocycles. The van der Waals surface area contributed by atoms with Crippen LogP contribution in [0.1, 0.15) is 10.4 Å². The summed E-state index contributed by atoms with van der Waals surface area (Å²) in [6, 6.07) is 13.1. The lowest BCUT2D eigenvalue weighted by Gasteiger charge is -2.06. The smallest absolute Gasteiger partial charge is 0.249 e. The van der Waals surface area contributed by atoms with E-state index in [2.05, 4.69) is 9.97 Å². The molecule has 18 heavy (non-hydrogen) atoms. The van der Waals surface area contributed by atoms with Gasteiger partial charge >= 0.3 is 0 Å². The standard InChI is InChI=1S/C14H11N3O/c15-14(18)11-4-2-1-3-10(11)9-5-6-12-13(7-9)17-8-16-12/h1-8H,(H2,15,18)(H,16,17). The fraction of sp³-hybridized carbons (Fsp3) is 0. The molecule has 3 N–H and O–H groups in total. The Kier molecular flexibility index (Phi) is 2.34. The van der Waals surface area contributed by atoms with E-state index < -0.39 is 5.91 Å². The monoisotopic (exact) mass is 237 g/mol. The van der Waals surface area contributed by atoms with Crippen molar-refractivity contribution in [2.24, 2.45) is 5.73 Å². The molecular weight excluding hydrogens is 226 g/mol. The molecular formula is C14H11N3O. The van der Waals surface area contributed by atoms with Crippen molar-refractivity contribution in [3.8, 4) is 11.1 Å². The summed E-state index contributed by atoms with van der Waals surface area (Å²) in [6.07, 6.45) is 1.65. The van der Waals surface area contributed by atoms with E-state index in [1.54, 1.807) is 18.5 Å². The van der Waals surface area contributed by atoms with Crippen molar-refractivity contribution < 1.29 is 4.79 Å². The van der Waals surface area contributed by atoms with Crippen LogP contribution < -0.4 is 5.73 Å². The summed E-state index contributed by atoms with van der Waals surface area (Å²) in [5.41, 5.74) is 9.50. The molecule has 1 aromatic heterocycles. The van der Waals surface area contributed by atoms with Crippen LogP contribution in [0.4, 0.5) is 0 Å². The molecule has 0 aliphatic heterocycles. The van der Waals surface area contributed by atoms with Crippen LogP contribution in [0.25, 0.3) is 22.2 Å². The third kappa shape index (κ3) is 1.64. The molecule has 0 fully saturated rings. The van der Waals surface area contributed by atoms with Gasteiger partial charge in [0.2, 0.25) is 5.91 Å². The van der Waals surface area contributed by atoms with Crippen LogP contribution >= 0.6 is 0 Å². The number of benzene rings is 2. The van der Waals surface area contributed by atoms with E-state index in [1.807, 2.05) is 30.3 Å². The maximum atomic E-state index is 11.4. The van der Waals surface area contributed by atoms with E-state index in [0.29, 0.717) is 5.56 Å². The van der Waals surface area contributed by atoms with Gasteiger partial charge in [0.1, 0.15) is 0 Å². The molecule has 4 nitrogen and oxygen atoms in total. The third-order valence-electron chi connectivity index (χ3n) is 2.92. The highest BCUT2D eigenvalue weighted by molar-refractivity contribution is 6.00. The number of hydrogen-bond acceptors (Lipinski definition) is 2. The zero-order valence-electron chi connectivity index (χ0n) is 9.55. The van der Waals surface area contributed by atoms with Crippen LogP contribution in [0.15, 0.2) is 48.8 Å². The summed E-state index contributed by atoms with van der Waals surface area (Å²) < 4.78 is 0. The van der Waals surface area contributed by atoms with E-state index in [1.165, 1.54) is 0 Å². The number of nitrogens with two attached hydrogens (primary N) is 1. The average molecular weight is 237 g/mol. The van der Waals surface area contributed by atoms with Crippen LogP contribution in [0, 0.1) is 0 Å². The van der Waals surface area contributed by atoms with E-state index in [4.69, 9.17) is 5.73 Å². The Hall–Kier alpha value is -2.62. The molecule has 0 atom stereocenters. The lowest BCUT2D eigenvalue weighted by Crippen LogP contribution is -2.12. The van der Waals surface area contributed by atoms with Crippen molar-refractivity contribution in [1.82, 2.24) is 9.97 Å². The number of H-pyrrole nitrogens is 1. The maximum absolute atomic E-state index is 11.4. The number of carbonyl (C=O) groups excluding carboxylic acids is 1. The molecule has 0 spiro atoms. The Labute approximate surface area is 103 Å². The molecule has 1 heterocycles. The van der Waals surface area contributed by atoms with Crippen molar-refractivity contribution in [1.29, 1.82) is 0 Å². The van der Waals surface area contributed by atoms with Gasteiger partial charge in [0.25, 0.3) is 0 Å². The summed E-state index contributed by atoms with van der Waals surface area (Å²) in [7, 11) is 0. The summed E-state index contributed by atoms with van der Waals surface area (Å²) in [5.74, 6) is -0.423. The second-order valence-electron chi connectivity index (χ2n) is 4.04. The lowest BCUT2D eigenvalue weighted by molar-refractivity contribution is 0.100. The van der Waals surface area contributed by atoms with Gasteiger partial charge in [-0.3, -0.25) is 4.79 Å². The van der Waals surface area contributed by atoms with Gasteiger partial charge in [-0.25, -0.2) is 4.98 Å². The number of aromatic amines is 1. The number of rotatable bonds is 2. The van der Waals surface area contributed by atoms with Gasteiger partial charge in [-0.15, -0.1) is 0 Å². The molecule has 1 amide bonds. The minimum Gasteiger partial charge on any atom is -0.366 e. The lowest BCUT2D eigenvalue weighted by atomic mass is 9.99. The predicted molar refractivity (Wildman–Crippen MR) is 70.0 cm³/mol. The highest BCUT2D eigenvalue weighted by Crippen LogP contribution is 2.25. The normalized spacial score (nSPS) is 10.7. The Morgan fingerprint density at radius 1 is 1.17 bits per heavy atom. The number of fused-ring (bicyclic) bond motifs is 1. The Bertz CT molecular complexity index is 730. The van der Waals surface area contributed by atoms with E-state index in [9.17, 15) is 4.79 Å². The zero-order chi connectivity index (χ0) is 12.5. The first-order valence-corrected chi connectivity index (χ1v) is 5.58. The minimum atomic E-state index is -0.423. The third-order valence-corrected chi connectivity index (χ3v) is 2.92. The zero-order valence-corrected chi connectivity index (χ0v) is 9.55. The summed E-state index contributed by atoms with van der Waals surface area (Å²) in [4.78, 5) is 18.6. The molecule has 0 unspecified atom stereocenters. The number of imidazole rings is 1. The second-order valence-corrected chi connectivity index (χ2v) is 4.04. The number of nitrogens with zero attached hydrogens (tertiary/aromatic N) is 1. The van der Waals surface area contributed by atoms with Crippen LogP contribution in [-0.2, 0) is 0 Å². The Morgan fingerprint density at radius 3 is 2.83 bits per heavy atom. The quantitative estimate of drug-likeness (QED) is 0.718. The Morgan fingerprint density at radius 2 is 2.00 bits per heavy atom. The molecule has 88 valence electrons. The summed E-state index contributed by atoms with van der Waals surface area (Å²) in [5, 5.41) is 0. The summed E-state index contributed by atoms with van der Waals surface area (Å²) >= 11 is 0. The highest BCUT2D eigenvalue weighted by Gasteiger charge is 2.09. The number of primary amides is 1. The fourth-order valence-electron chi connectivity index (χ4n) is 2.05. The van der Waals surface area contributed by atoms with Gasteiger partial charge in [0, 0.05) is 5.56 Å². The topological polar surface area (TPSA) is 71.8 Å². The van der Waals surface area contributed by atoms with E-state index in [-0.39, 0.29) is 0 Å². The van der Waals surface area contributed by atoms with Crippen LogP contribution in [0.5, 0.6) is 0 Å². The van der Waals surface area contributed by atoms with Gasteiger partial charge in [0.15, 0.2) is 0 Å². The largest absolute Gasteiger partial charge is 0.366 e. The van der Waals surface area contributed by atoms with Crippen LogP contribution in [-0.4, -0.2) is 15.9 Å². The molecule has 0 radical (unpaired) electrons. The van der Waals surface area contributed by atoms with Gasteiger partial charge in [0.05, 0.1) is 17.4 Å². The molecule has 3 rings (SSSR count). The second kappa shape index (κ2) is 4.00. The first kappa shape index (κ1) is 10.5. The van der Waals surface area contributed by atoms with Gasteiger partial charge < -0.3 is 10.7 Å². The molecule has 0 saturated heterocycles. The minimum absolute atomic E-state index is 0.423. The molecule has 4 heteroatoms.